The van der Waals surface area contributed by atoms with E-state index < -0.39 is 17.4 Å². The molecule has 0 bridgehead atoms. The van der Waals surface area contributed by atoms with Gasteiger partial charge in [0.2, 0.25) is 6.79 Å². The summed E-state index contributed by atoms with van der Waals surface area (Å²) in [5.41, 5.74) is -0.784. The molecule has 2 N–H and O–H groups in total. The van der Waals surface area contributed by atoms with Crippen LogP contribution in [0, 0.1) is 0 Å². The monoisotopic (exact) mass is 341 g/mol. The minimum atomic E-state index is -1.13. The standard InChI is InChI=1S/C13H12BrNO5/c14-8-4-7(5-9-10(8)20-6-19-9)11(16)15-13(12(17)18)2-1-3-13/h4-5H,1-3,6H2,(H,15,16)(H,17,18). The smallest absolute Gasteiger partial charge is 0.329 e. The lowest BCUT2D eigenvalue weighted by Crippen LogP contribution is -2.59. The van der Waals surface area contributed by atoms with Gasteiger partial charge in [-0.05, 0) is 47.3 Å². The van der Waals surface area contributed by atoms with Gasteiger partial charge >= 0.3 is 5.97 Å². The van der Waals surface area contributed by atoms with E-state index in [2.05, 4.69) is 21.2 Å². The van der Waals surface area contributed by atoms with E-state index in [4.69, 9.17) is 9.47 Å². The number of nitrogens with one attached hydrogen (secondary N) is 1. The van der Waals surface area contributed by atoms with Crippen molar-refractivity contribution in [2.75, 3.05) is 6.79 Å². The Labute approximate surface area is 123 Å². The Bertz CT molecular complexity index is 597. The predicted molar refractivity (Wildman–Crippen MR) is 71.9 cm³/mol. The van der Waals surface area contributed by atoms with Gasteiger partial charge in [-0.1, -0.05) is 0 Å². The highest BCUT2D eigenvalue weighted by Crippen LogP contribution is 2.40. The predicted octanol–water partition coefficient (Wildman–Crippen LogP) is 1.91. The number of rotatable bonds is 3. The molecule has 6 nitrogen and oxygen atoms in total. The van der Waals surface area contributed by atoms with E-state index in [1.807, 2.05) is 0 Å². The molecular weight excluding hydrogens is 330 g/mol. The van der Waals surface area contributed by atoms with Gasteiger partial charge in [0.25, 0.3) is 5.91 Å². The number of halogens is 1. The number of hydrogen-bond acceptors (Lipinski definition) is 4. The topological polar surface area (TPSA) is 84.9 Å². The molecule has 1 saturated carbocycles. The first-order valence-electron chi connectivity index (χ1n) is 6.17. The number of carbonyl (C=O) groups is 2. The first-order valence-corrected chi connectivity index (χ1v) is 6.96. The molecule has 0 aromatic heterocycles. The molecule has 1 aliphatic carbocycles. The summed E-state index contributed by atoms with van der Waals surface area (Å²) in [6.45, 7) is 0.109. The van der Waals surface area contributed by atoms with E-state index in [0.29, 0.717) is 34.4 Å². The lowest BCUT2D eigenvalue weighted by Gasteiger charge is -2.38. The molecule has 1 aromatic rings. The maximum absolute atomic E-state index is 12.2. The van der Waals surface area contributed by atoms with Gasteiger partial charge in [0.15, 0.2) is 11.5 Å². The molecule has 0 unspecified atom stereocenters. The highest BCUT2D eigenvalue weighted by Gasteiger charge is 2.45. The molecule has 3 rings (SSSR count). The quantitative estimate of drug-likeness (QED) is 0.877. The van der Waals surface area contributed by atoms with Gasteiger partial charge in [-0.15, -0.1) is 0 Å². The lowest BCUT2D eigenvalue weighted by atomic mass is 9.76. The van der Waals surface area contributed by atoms with Crippen molar-refractivity contribution in [3.63, 3.8) is 0 Å². The number of carboxylic acid groups (broad SMARTS) is 1. The van der Waals surface area contributed by atoms with E-state index in [9.17, 15) is 14.7 Å². The highest BCUT2D eigenvalue weighted by molar-refractivity contribution is 9.10. The summed E-state index contributed by atoms with van der Waals surface area (Å²) in [6, 6.07) is 3.15. The fourth-order valence-electron chi connectivity index (χ4n) is 2.31. The van der Waals surface area contributed by atoms with Crippen molar-refractivity contribution in [1.82, 2.24) is 5.32 Å². The third-order valence-electron chi connectivity index (χ3n) is 3.66. The summed E-state index contributed by atoms with van der Waals surface area (Å²) < 4.78 is 11.1. The fraction of sp³-hybridized carbons (Fsp3) is 0.385. The molecule has 1 aromatic carbocycles. The van der Waals surface area contributed by atoms with Crippen LogP contribution >= 0.6 is 15.9 Å². The van der Waals surface area contributed by atoms with Crippen LogP contribution in [0.15, 0.2) is 16.6 Å². The van der Waals surface area contributed by atoms with Crippen molar-refractivity contribution in [3.05, 3.63) is 22.2 Å². The molecule has 1 amide bonds. The van der Waals surface area contributed by atoms with Crippen LogP contribution in [-0.4, -0.2) is 29.3 Å². The maximum Gasteiger partial charge on any atom is 0.329 e. The molecule has 1 heterocycles. The number of hydrogen-bond donors (Lipinski definition) is 2. The number of amides is 1. The van der Waals surface area contributed by atoms with Crippen molar-refractivity contribution in [2.45, 2.75) is 24.8 Å². The van der Waals surface area contributed by atoms with Gasteiger partial charge < -0.3 is 19.9 Å². The van der Waals surface area contributed by atoms with Crippen molar-refractivity contribution in [3.8, 4) is 11.5 Å². The summed E-state index contributed by atoms with van der Waals surface area (Å²) in [7, 11) is 0. The average Bonchev–Trinajstić information content (AvgIpc) is 2.81. The van der Waals surface area contributed by atoms with Crippen LogP contribution in [0.5, 0.6) is 11.5 Å². The molecule has 0 spiro atoms. The number of carbonyl (C=O) groups excluding carboxylic acids is 1. The minimum absolute atomic E-state index is 0.109. The molecule has 1 aliphatic heterocycles. The van der Waals surface area contributed by atoms with Crippen molar-refractivity contribution in [2.24, 2.45) is 0 Å². The Balaban J connectivity index is 1.85. The fourth-order valence-corrected chi connectivity index (χ4v) is 2.87. The Morgan fingerprint density at radius 3 is 2.65 bits per heavy atom. The van der Waals surface area contributed by atoms with Crippen molar-refractivity contribution >= 4 is 27.8 Å². The van der Waals surface area contributed by atoms with Gasteiger partial charge in [-0.25, -0.2) is 4.79 Å². The zero-order chi connectivity index (χ0) is 14.3. The second kappa shape index (κ2) is 4.66. The largest absolute Gasteiger partial charge is 0.480 e. The summed E-state index contributed by atoms with van der Waals surface area (Å²) in [4.78, 5) is 23.5. The molecule has 2 aliphatic rings. The summed E-state index contributed by atoms with van der Waals surface area (Å²) in [5, 5.41) is 11.8. The highest BCUT2D eigenvalue weighted by atomic mass is 79.9. The average molecular weight is 342 g/mol. The van der Waals surface area contributed by atoms with Gasteiger partial charge in [-0.2, -0.15) is 0 Å². The number of fused-ring (bicyclic) bond motifs is 1. The van der Waals surface area contributed by atoms with Crippen molar-refractivity contribution in [1.29, 1.82) is 0 Å². The first-order chi connectivity index (χ1) is 9.52. The number of aliphatic carboxylic acids is 1. The SMILES string of the molecule is O=C(NC1(C(=O)O)CCC1)c1cc(Br)c2c(c1)OCO2. The van der Waals surface area contributed by atoms with Crippen LogP contribution in [0.1, 0.15) is 29.6 Å². The normalized spacial score (nSPS) is 18.2. The van der Waals surface area contributed by atoms with Gasteiger partial charge in [0.1, 0.15) is 5.54 Å². The third kappa shape index (κ3) is 2.02. The van der Waals surface area contributed by atoms with Crippen LogP contribution in [0.25, 0.3) is 0 Å². The molecule has 0 radical (unpaired) electrons. The van der Waals surface area contributed by atoms with E-state index in [0.717, 1.165) is 6.42 Å². The number of carboxylic acids is 1. The van der Waals surface area contributed by atoms with Crippen molar-refractivity contribution < 1.29 is 24.2 Å². The van der Waals surface area contributed by atoms with E-state index in [1.165, 1.54) is 0 Å². The van der Waals surface area contributed by atoms with Crippen LogP contribution < -0.4 is 14.8 Å². The third-order valence-corrected chi connectivity index (χ3v) is 4.25. The van der Waals surface area contributed by atoms with Gasteiger partial charge in [-0.3, -0.25) is 4.79 Å². The second-order valence-electron chi connectivity index (χ2n) is 4.89. The zero-order valence-electron chi connectivity index (χ0n) is 10.4. The van der Waals surface area contributed by atoms with E-state index in [-0.39, 0.29) is 6.79 Å². The lowest BCUT2D eigenvalue weighted by molar-refractivity contribution is -0.148. The van der Waals surface area contributed by atoms with E-state index in [1.54, 1.807) is 12.1 Å². The van der Waals surface area contributed by atoms with Crippen LogP contribution in [-0.2, 0) is 4.79 Å². The summed E-state index contributed by atoms with van der Waals surface area (Å²) in [5.74, 6) is -0.385. The van der Waals surface area contributed by atoms with E-state index >= 15 is 0 Å². The number of benzene rings is 1. The number of ether oxygens (including phenoxy) is 2. The van der Waals surface area contributed by atoms with Crippen LogP contribution in [0.3, 0.4) is 0 Å². The second-order valence-corrected chi connectivity index (χ2v) is 5.74. The molecule has 1 fully saturated rings. The molecule has 0 saturated heterocycles. The minimum Gasteiger partial charge on any atom is -0.480 e. The maximum atomic E-state index is 12.2. The Kier molecular flexibility index (Phi) is 3.08. The summed E-state index contributed by atoms with van der Waals surface area (Å²) >= 11 is 3.30. The Hall–Kier alpha value is -1.76. The summed E-state index contributed by atoms with van der Waals surface area (Å²) in [6.07, 6.45) is 1.72. The van der Waals surface area contributed by atoms with Gasteiger partial charge in [0.05, 0.1) is 4.47 Å². The Morgan fingerprint density at radius 1 is 1.30 bits per heavy atom. The van der Waals surface area contributed by atoms with Crippen LogP contribution in [0.4, 0.5) is 0 Å². The zero-order valence-corrected chi connectivity index (χ0v) is 12.0. The van der Waals surface area contributed by atoms with Crippen LogP contribution in [0.2, 0.25) is 0 Å². The van der Waals surface area contributed by atoms with Gasteiger partial charge in [0, 0.05) is 5.56 Å². The first kappa shape index (κ1) is 13.2. The molecule has 0 atom stereocenters. The molecule has 106 valence electrons. The molecule has 20 heavy (non-hydrogen) atoms. The Morgan fingerprint density at radius 2 is 2.05 bits per heavy atom. The molecular formula is C13H12BrNO5. The molecule has 7 heteroatoms.